The summed E-state index contributed by atoms with van der Waals surface area (Å²) in [5.41, 5.74) is 3.76. The van der Waals surface area contributed by atoms with Gasteiger partial charge in [0.15, 0.2) is 0 Å². The van der Waals surface area contributed by atoms with Crippen LogP contribution in [-0.2, 0) is 0 Å². The fourth-order valence-electron chi connectivity index (χ4n) is 1.74. The summed E-state index contributed by atoms with van der Waals surface area (Å²) in [7, 11) is 4.20. The number of thioether (sulfide) groups is 1. The second-order valence-electron chi connectivity index (χ2n) is 4.53. The molecule has 3 nitrogen and oxygen atoms in total. The van der Waals surface area contributed by atoms with Crippen LogP contribution in [-0.4, -0.2) is 44.2 Å². The molecule has 0 atom stereocenters. The van der Waals surface area contributed by atoms with E-state index in [1.165, 1.54) is 28.6 Å². The Labute approximate surface area is 120 Å². The highest BCUT2D eigenvalue weighted by Gasteiger charge is 2.04. The standard InChI is InChI=1S/C15H23N3S/c1-4-18(11-10-17(2)3)15-7-5-14(6-8-15)9-12-19-13-16/h5-9,12-13,16H,4,10-11H2,1-3H3/b12-9+,16-13?. The highest BCUT2D eigenvalue weighted by molar-refractivity contribution is 8.14. The summed E-state index contributed by atoms with van der Waals surface area (Å²) >= 11 is 1.37. The first-order valence-corrected chi connectivity index (χ1v) is 7.42. The van der Waals surface area contributed by atoms with Gasteiger partial charge in [0.2, 0.25) is 0 Å². The molecular weight excluding hydrogens is 254 g/mol. The summed E-state index contributed by atoms with van der Waals surface area (Å²) in [6.45, 7) is 5.31. The highest BCUT2D eigenvalue weighted by Crippen LogP contribution is 2.16. The van der Waals surface area contributed by atoms with E-state index in [1.807, 2.05) is 11.5 Å². The van der Waals surface area contributed by atoms with E-state index in [0.29, 0.717) is 0 Å². The smallest absolute Gasteiger partial charge is 0.0548 e. The van der Waals surface area contributed by atoms with Crippen molar-refractivity contribution in [3.05, 3.63) is 35.2 Å². The third kappa shape index (κ3) is 5.94. The largest absolute Gasteiger partial charge is 0.371 e. The van der Waals surface area contributed by atoms with Crippen LogP contribution in [0.4, 0.5) is 5.69 Å². The number of nitrogens with one attached hydrogen (secondary N) is 1. The summed E-state index contributed by atoms with van der Waals surface area (Å²) in [4.78, 5) is 4.58. The van der Waals surface area contributed by atoms with E-state index in [2.05, 4.69) is 55.1 Å². The SMILES string of the molecule is CCN(CCN(C)C)c1ccc(/C=C/SC=N)cc1. The third-order valence-electron chi connectivity index (χ3n) is 2.86. The molecule has 0 aliphatic carbocycles. The van der Waals surface area contributed by atoms with Gasteiger partial charge in [-0.15, -0.1) is 0 Å². The lowest BCUT2D eigenvalue weighted by Gasteiger charge is -2.25. The first kappa shape index (κ1) is 15.8. The first-order valence-electron chi connectivity index (χ1n) is 6.48. The number of likely N-dealkylation sites (N-methyl/N-ethyl adjacent to an activating group) is 2. The lowest BCUT2D eigenvalue weighted by atomic mass is 10.2. The quantitative estimate of drug-likeness (QED) is 0.583. The molecule has 0 aliphatic rings. The van der Waals surface area contributed by atoms with Crippen LogP contribution >= 0.6 is 11.8 Å². The Balaban J connectivity index is 2.64. The van der Waals surface area contributed by atoms with Crippen LogP contribution in [0.3, 0.4) is 0 Å². The minimum Gasteiger partial charge on any atom is -0.371 e. The van der Waals surface area contributed by atoms with Gasteiger partial charge in [0.05, 0.1) is 5.55 Å². The summed E-state index contributed by atoms with van der Waals surface area (Å²) in [6, 6.07) is 8.56. The van der Waals surface area contributed by atoms with Gasteiger partial charge in [0, 0.05) is 25.3 Å². The molecule has 0 bridgehead atoms. The molecule has 104 valence electrons. The molecule has 0 heterocycles. The summed E-state index contributed by atoms with van der Waals surface area (Å²) in [6.07, 6.45) is 2.02. The first-order chi connectivity index (χ1) is 9.17. The maximum atomic E-state index is 6.94. The molecule has 1 aromatic carbocycles. The molecule has 0 radical (unpaired) electrons. The van der Waals surface area contributed by atoms with Crippen molar-refractivity contribution >= 4 is 29.1 Å². The molecule has 4 heteroatoms. The number of hydrogen-bond donors (Lipinski definition) is 1. The molecule has 0 saturated carbocycles. The van der Waals surface area contributed by atoms with Crippen LogP contribution in [0, 0.1) is 5.41 Å². The maximum absolute atomic E-state index is 6.94. The molecule has 0 unspecified atom stereocenters. The number of rotatable bonds is 8. The molecule has 0 aliphatic heterocycles. The van der Waals surface area contributed by atoms with Gasteiger partial charge in [-0.2, -0.15) is 0 Å². The Morgan fingerprint density at radius 2 is 1.84 bits per heavy atom. The van der Waals surface area contributed by atoms with Gasteiger partial charge >= 0.3 is 0 Å². The van der Waals surface area contributed by atoms with Crippen molar-refractivity contribution < 1.29 is 0 Å². The van der Waals surface area contributed by atoms with Gasteiger partial charge < -0.3 is 15.2 Å². The Morgan fingerprint density at radius 1 is 1.16 bits per heavy atom. The van der Waals surface area contributed by atoms with Crippen molar-refractivity contribution in [2.75, 3.05) is 38.6 Å². The molecule has 1 N–H and O–H groups in total. The van der Waals surface area contributed by atoms with Crippen molar-refractivity contribution in [3.8, 4) is 0 Å². The number of anilines is 1. The van der Waals surface area contributed by atoms with Crippen LogP contribution in [0.25, 0.3) is 6.08 Å². The summed E-state index contributed by atoms with van der Waals surface area (Å²) < 4.78 is 0. The molecular formula is C15H23N3S. The minimum absolute atomic E-state index is 1.02. The van der Waals surface area contributed by atoms with Gasteiger partial charge in [0.25, 0.3) is 0 Å². The van der Waals surface area contributed by atoms with Gasteiger partial charge in [0.1, 0.15) is 0 Å². The van der Waals surface area contributed by atoms with Crippen LogP contribution in [0.5, 0.6) is 0 Å². The van der Waals surface area contributed by atoms with Gasteiger partial charge in [-0.25, -0.2) is 0 Å². The molecule has 19 heavy (non-hydrogen) atoms. The number of hydrogen-bond acceptors (Lipinski definition) is 4. The van der Waals surface area contributed by atoms with E-state index in [9.17, 15) is 0 Å². The average molecular weight is 277 g/mol. The lowest BCUT2D eigenvalue weighted by Crippen LogP contribution is -2.31. The normalized spacial score (nSPS) is 11.2. The Kier molecular flexibility index (Phi) is 7.30. The Hall–Kier alpha value is -1.26. The van der Waals surface area contributed by atoms with Gasteiger partial charge in [-0.1, -0.05) is 23.9 Å². The second-order valence-corrected chi connectivity index (χ2v) is 5.31. The number of nitrogens with zero attached hydrogens (tertiary/aromatic N) is 2. The zero-order valence-electron chi connectivity index (χ0n) is 12.0. The van der Waals surface area contributed by atoms with Crippen LogP contribution in [0.2, 0.25) is 0 Å². The van der Waals surface area contributed by atoms with E-state index in [-0.39, 0.29) is 0 Å². The highest BCUT2D eigenvalue weighted by atomic mass is 32.2. The lowest BCUT2D eigenvalue weighted by molar-refractivity contribution is 0.414. The van der Waals surface area contributed by atoms with Crippen LogP contribution in [0.1, 0.15) is 12.5 Å². The van der Waals surface area contributed by atoms with Gasteiger partial charge in [-0.3, -0.25) is 0 Å². The van der Waals surface area contributed by atoms with Crippen molar-refractivity contribution in [1.29, 1.82) is 5.41 Å². The van der Waals surface area contributed by atoms with E-state index >= 15 is 0 Å². The van der Waals surface area contributed by atoms with E-state index in [1.54, 1.807) is 0 Å². The van der Waals surface area contributed by atoms with Crippen LogP contribution in [0.15, 0.2) is 29.7 Å². The van der Waals surface area contributed by atoms with Crippen LogP contribution < -0.4 is 4.90 Å². The molecule has 1 aromatic rings. The van der Waals surface area contributed by atoms with E-state index < -0.39 is 0 Å². The van der Waals surface area contributed by atoms with Gasteiger partial charge in [-0.05, 0) is 50.2 Å². The molecule has 1 rings (SSSR count). The minimum atomic E-state index is 1.02. The monoisotopic (exact) mass is 277 g/mol. The zero-order chi connectivity index (χ0) is 14.1. The number of benzene rings is 1. The predicted molar refractivity (Wildman–Crippen MR) is 88.3 cm³/mol. The molecule has 0 aromatic heterocycles. The molecule has 0 spiro atoms. The van der Waals surface area contributed by atoms with Crippen molar-refractivity contribution in [2.24, 2.45) is 0 Å². The zero-order valence-corrected chi connectivity index (χ0v) is 12.8. The third-order valence-corrected chi connectivity index (χ3v) is 3.29. The molecule has 0 fully saturated rings. The fraction of sp³-hybridized carbons (Fsp3) is 0.400. The Morgan fingerprint density at radius 3 is 2.37 bits per heavy atom. The van der Waals surface area contributed by atoms with Crippen molar-refractivity contribution in [3.63, 3.8) is 0 Å². The van der Waals surface area contributed by atoms with Crippen molar-refractivity contribution in [2.45, 2.75) is 6.92 Å². The maximum Gasteiger partial charge on any atom is 0.0548 e. The summed E-state index contributed by atoms with van der Waals surface area (Å²) in [5.74, 6) is 0. The Bertz CT molecular complexity index is 398. The van der Waals surface area contributed by atoms with E-state index in [4.69, 9.17) is 5.41 Å². The average Bonchev–Trinajstić information content (AvgIpc) is 2.41. The topological polar surface area (TPSA) is 30.3 Å². The van der Waals surface area contributed by atoms with E-state index in [0.717, 1.165) is 19.6 Å². The summed E-state index contributed by atoms with van der Waals surface area (Å²) in [5, 5.41) is 8.86. The molecule has 0 amide bonds. The predicted octanol–water partition coefficient (Wildman–Crippen LogP) is 3.39. The van der Waals surface area contributed by atoms with Crippen molar-refractivity contribution in [1.82, 2.24) is 4.90 Å². The molecule has 0 saturated heterocycles. The fourth-order valence-corrected chi connectivity index (χ4v) is 2.06. The second kappa shape index (κ2) is 8.77.